The lowest BCUT2D eigenvalue weighted by Gasteiger charge is -2.14. The number of hydrogen-bond acceptors (Lipinski definition) is 3. The molecule has 0 fully saturated rings. The van der Waals surface area contributed by atoms with E-state index in [1.54, 1.807) is 0 Å². The van der Waals surface area contributed by atoms with Crippen LogP contribution < -0.4 is 11.3 Å². The highest BCUT2D eigenvalue weighted by Crippen LogP contribution is 2.28. The average molecular weight is 219 g/mol. The topological polar surface area (TPSA) is 50.9 Å². The smallest absolute Gasteiger partial charge is 0.271 e. The first kappa shape index (κ1) is 11.9. The molecule has 0 amide bonds. The molecule has 6 heteroatoms. The third-order valence-corrected chi connectivity index (χ3v) is 2.09. The first-order valence-corrected chi connectivity index (χ1v) is 4.48. The number of hydrazine groups is 1. The fourth-order valence-corrected chi connectivity index (χ4v) is 1.23. The molecule has 0 saturated carbocycles. The van der Waals surface area contributed by atoms with Gasteiger partial charge < -0.3 is 0 Å². The van der Waals surface area contributed by atoms with Crippen molar-refractivity contribution in [3.05, 3.63) is 29.6 Å². The molecule has 0 aliphatic rings. The molecule has 3 N–H and O–H groups in total. The number of nitrogens with one attached hydrogen (secondary N) is 1. The lowest BCUT2D eigenvalue weighted by atomic mass is 10.1. The molecule has 15 heavy (non-hydrogen) atoms. The fraction of sp³-hybridized carbons (Fsp3) is 0.444. The average Bonchev–Trinajstić information content (AvgIpc) is 2.19. The van der Waals surface area contributed by atoms with Crippen molar-refractivity contribution in [1.29, 1.82) is 0 Å². The number of nitrogens with two attached hydrogens (primary N) is 1. The molecule has 0 bridgehead atoms. The van der Waals surface area contributed by atoms with E-state index in [1.807, 2.05) is 6.92 Å². The van der Waals surface area contributed by atoms with Crippen molar-refractivity contribution in [2.75, 3.05) is 0 Å². The SMILES string of the molecule is CCC(NN)c1ccc(C(F)(F)F)nc1. The highest BCUT2D eigenvalue weighted by Gasteiger charge is 2.32. The summed E-state index contributed by atoms with van der Waals surface area (Å²) in [6.45, 7) is 1.88. The Balaban J connectivity index is 2.89. The minimum absolute atomic E-state index is 0.167. The number of aromatic nitrogens is 1. The van der Waals surface area contributed by atoms with Gasteiger partial charge in [0.15, 0.2) is 0 Å². The molecule has 0 aliphatic carbocycles. The zero-order valence-electron chi connectivity index (χ0n) is 8.17. The summed E-state index contributed by atoms with van der Waals surface area (Å²) in [4.78, 5) is 3.35. The van der Waals surface area contributed by atoms with Crippen LogP contribution in [0.1, 0.15) is 30.6 Å². The Morgan fingerprint density at radius 2 is 2.13 bits per heavy atom. The molecule has 1 heterocycles. The van der Waals surface area contributed by atoms with E-state index in [0.717, 1.165) is 6.07 Å². The summed E-state index contributed by atoms with van der Waals surface area (Å²) >= 11 is 0. The summed E-state index contributed by atoms with van der Waals surface area (Å²) in [5.41, 5.74) is 2.26. The second-order valence-corrected chi connectivity index (χ2v) is 3.10. The maximum Gasteiger partial charge on any atom is 0.433 e. The number of nitrogens with zero attached hydrogens (tertiary/aromatic N) is 1. The van der Waals surface area contributed by atoms with E-state index in [2.05, 4.69) is 10.4 Å². The summed E-state index contributed by atoms with van der Waals surface area (Å²) < 4.78 is 36.5. The van der Waals surface area contributed by atoms with Gasteiger partial charge in [-0.25, -0.2) is 0 Å². The van der Waals surface area contributed by atoms with Crippen LogP contribution in [0.2, 0.25) is 0 Å². The van der Waals surface area contributed by atoms with Gasteiger partial charge in [-0.2, -0.15) is 13.2 Å². The maximum absolute atomic E-state index is 12.2. The van der Waals surface area contributed by atoms with E-state index < -0.39 is 11.9 Å². The molecule has 3 nitrogen and oxygen atoms in total. The number of hydrogen-bond donors (Lipinski definition) is 2. The van der Waals surface area contributed by atoms with Gasteiger partial charge in [0.05, 0.1) is 0 Å². The molecule has 84 valence electrons. The van der Waals surface area contributed by atoms with Gasteiger partial charge in [0.25, 0.3) is 0 Å². The minimum atomic E-state index is -4.39. The lowest BCUT2D eigenvalue weighted by molar-refractivity contribution is -0.141. The number of halogens is 3. The molecule has 0 aliphatic heterocycles. The van der Waals surface area contributed by atoms with Gasteiger partial charge >= 0.3 is 6.18 Å². The van der Waals surface area contributed by atoms with Crippen molar-refractivity contribution in [1.82, 2.24) is 10.4 Å². The molecular weight excluding hydrogens is 207 g/mol. The van der Waals surface area contributed by atoms with Crippen LogP contribution in [-0.4, -0.2) is 4.98 Å². The summed E-state index contributed by atoms with van der Waals surface area (Å²) in [5, 5.41) is 0. The van der Waals surface area contributed by atoms with Gasteiger partial charge in [-0.05, 0) is 18.1 Å². The minimum Gasteiger partial charge on any atom is -0.271 e. The maximum atomic E-state index is 12.2. The predicted molar refractivity (Wildman–Crippen MR) is 49.6 cm³/mol. The van der Waals surface area contributed by atoms with Crippen LogP contribution in [-0.2, 0) is 6.18 Å². The molecule has 1 rings (SSSR count). The Bertz CT molecular complexity index is 303. The summed E-state index contributed by atoms with van der Waals surface area (Å²) in [7, 11) is 0. The molecule has 1 unspecified atom stereocenters. The van der Waals surface area contributed by atoms with Gasteiger partial charge in [-0.15, -0.1) is 0 Å². The van der Waals surface area contributed by atoms with Crippen LogP contribution in [0.25, 0.3) is 0 Å². The Morgan fingerprint density at radius 3 is 2.47 bits per heavy atom. The van der Waals surface area contributed by atoms with Crippen molar-refractivity contribution < 1.29 is 13.2 Å². The Kier molecular flexibility index (Phi) is 3.65. The van der Waals surface area contributed by atoms with Crippen LogP contribution in [0, 0.1) is 0 Å². The molecule has 0 aromatic carbocycles. The fourth-order valence-electron chi connectivity index (χ4n) is 1.23. The second kappa shape index (κ2) is 4.59. The van der Waals surface area contributed by atoms with Crippen molar-refractivity contribution in [3.63, 3.8) is 0 Å². The van der Waals surface area contributed by atoms with Crippen molar-refractivity contribution >= 4 is 0 Å². The molecular formula is C9H12F3N3. The quantitative estimate of drug-likeness (QED) is 0.604. The van der Waals surface area contributed by atoms with Crippen molar-refractivity contribution in [3.8, 4) is 0 Å². The van der Waals surface area contributed by atoms with Crippen LogP contribution >= 0.6 is 0 Å². The van der Waals surface area contributed by atoms with Crippen LogP contribution in [0.4, 0.5) is 13.2 Å². The standard InChI is InChI=1S/C9H12F3N3/c1-2-7(15-13)6-3-4-8(14-5-6)9(10,11)12/h3-5,7,15H,2,13H2,1H3. The molecule has 0 saturated heterocycles. The second-order valence-electron chi connectivity index (χ2n) is 3.10. The monoisotopic (exact) mass is 219 g/mol. The van der Waals surface area contributed by atoms with Gasteiger partial charge in [-0.3, -0.25) is 16.3 Å². The summed E-state index contributed by atoms with van der Waals surface area (Å²) in [6, 6.07) is 2.17. The number of alkyl halides is 3. The van der Waals surface area contributed by atoms with Gasteiger partial charge in [0, 0.05) is 12.2 Å². The predicted octanol–water partition coefficient (Wildman–Crippen LogP) is 2.01. The Labute approximate surface area is 85.5 Å². The third-order valence-electron chi connectivity index (χ3n) is 2.09. The summed E-state index contributed by atoms with van der Waals surface area (Å²) in [5.74, 6) is 5.24. The van der Waals surface area contributed by atoms with E-state index in [-0.39, 0.29) is 6.04 Å². The zero-order chi connectivity index (χ0) is 11.5. The molecule has 1 atom stereocenters. The van der Waals surface area contributed by atoms with Crippen molar-refractivity contribution in [2.45, 2.75) is 25.6 Å². The van der Waals surface area contributed by atoms with E-state index >= 15 is 0 Å². The Morgan fingerprint density at radius 1 is 1.47 bits per heavy atom. The van der Waals surface area contributed by atoms with E-state index in [4.69, 9.17) is 5.84 Å². The van der Waals surface area contributed by atoms with Crippen LogP contribution in [0.15, 0.2) is 18.3 Å². The first-order valence-electron chi connectivity index (χ1n) is 4.48. The van der Waals surface area contributed by atoms with Gasteiger partial charge in [0.1, 0.15) is 5.69 Å². The highest BCUT2D eigenvalue weighted by molar-refractivity contribution is 5.18. The van der Waals surface area contributed by atoms with Crippen molar-refractivity contribution in [2.24, 2.45) is 5.84 Å². The van der Waals surface area contributed by atoms with Gasteiger partial charge in [0.2, 0.25) is 0 Å². The van der Waals surface area contributed by atoms with E-state index in [0.29, 0.717) is 12.0 Å². The number of rotatable bonds is 3. The molecule has 0 spiro atoms. The van der Waals surface area contributed by atoms with E-state index in [1.165, 1.54) is 12.3 Å². The normalized spacial score (nSPS) is 13.9. The number of pyridine rings is 1. The van der Waals surface area contributed by atoms with Gasteiger partial charge in [-0.1, -0.05) is 13.0 Å². The zero-order valence-corrected chi connectivity index (χ0v) is 8.17. The third kappa shape index (κ3) is 2.90. The van der Waals surface area contributed by atoms with Crippen LogP contribution in [0.5, 0.6) is 0 Å². The van der Waals surface area contributed by atoms with E-state index in [9.17, 15) is 13.2 Å². The first-order chi connectivity index (χ1) is 6.99. The summed E-state index contributed by atoms with van der Waals surface area (Å²) in [6.07, 6.45) is -2.52. The highest BCUT2D eigenvalue weighted by atomic mass is 19.4. The molecule has 1 aromatic rings. The molecule has 1 aromatic heterocycles. The largest absolute Gasteiger partial charge is 0.433 e. The lowest BCUT2D eigenvalue weighted by Crippen LogP contribution is -2.27. The molecule has 0 radical (unpaired) electrons. The Hall–Kier alpha value is -1.14. The van der Waals surface area contributed by atoms with Crippen LogP contribution in [0.3, 0.4) is 0 Å².